The van der Waals surface area contributed by atoms with Crippen molar-refractivity contribution in [1.29, 1.82) is 0 Å². The van der Waals surface area contributed by atoms with E-state index in [4.69, 9.17) is 15.0 Å². The molecule has 10 rings (SSSR count). The van der Waals surface area contributed by atoms with Gasteiger partial charge >= 0.3 is 0 Å². The first-order valence-corrected chi connectivity index (χ1v) is 16.7. The van der Waals surface area contributed by atoms with Crippen LogP contribution in [0.2, 0.25) is 0 Å². The third kappa shape index (κ3) is 4.83. The van der Waals surface area contributed by atoms with E-state index < -0.39 is 0 Å². The number of benzene rings is 5. The molecule has 5 nitrogen and oxygen atoms in total. The molecule has 0 radical (unpaired) electrons. The Morgan fingerprint density at radius 3 is 1.70 bits per heavy atom. The molecule has 0 spiro atoms. The third-order valence-electron chi connectivity index (χ3n) is 9.52. The number of nitrogens with zero attached hydrogens (tertiary/aromatic N) is 5. The lowest BCUT2D eigenvalue weighted by Crippen LogP contribution is -1.90. The molecule has 0 aliphatic rings. The van der Waals surface area contributed by atoms with Gasteiger partial charge < -0.3 is 0 Å². The van der Waals surface area contributed by atoms with Gasteiger partial charge in [0, 0.05) is 56.0 Å². The molecule has 0 atom stereocenters. The molecule has 0 fully saturated rings. The minimum absolute atomic E-state index is 0.913. The topological polar surface area (TPSA) is 64.5 Å². The molecule has 0 unspecified atom stereocenters. The number of fused-ring (bicyclic) bond motifs is 6. The first-order chi connectivity index (χ1) is 24.7. The fraction of sp³-hybridized carbons (Fsp3) is 0. The van der Waals surface area contributed by atoms with Gasteiger partial charge in [-0.15, -0.1) is 0 Å². The van der Waals surface area contributed by atoms with E-state index in [2.05, 4.69) is 137 Å². The quantitative estimate of drug-likeness (QED) is 0.180. The third-order valence-corrected chi connectivity index (χ3v) is 9.52. The van der Waals surface area contributed by atoms with Crippen LogP contribution in [0, 0.1) is 0 Å². The van der Waals surface area contributed by atoms with Crippen molar-refractivity contribution in [2.75, 3.05) is 0 Å². The number of pyridine rings is 5. The minimum atomic E-state index is 0.913. The van der Waals surface area contributed by atoms with E-state index in [1.54, 1.807) is 0 Å². The van der Waals surface area contributed by atoms with Crippen molar-refractivity contribution in [3.05, 3.63) is 164 Å². The molecule has 0 bridgehead atoms. The largest absolute Gasteiger partial charge is 0.256 e. The van der Waals surface area contributed by atoms with Crippen molar-refractivity contribution < 1.29 is 0 Å². The summed E-state index contributed by atoms with van der Waals surface area (Å²) < 4.78 is 0. The van der Waals surface area contributed by atoms with Crippen molar-refractivity contribution in [2.24, 2.45) is 0 Å². The van der Waals surface area contributed by atoms with Gasteiger partial charge in [-0.1, -0.05) is 84.9 Å². The maximum Gasteiger partial charge on any atom is 0.0972 e. The molecule has 0 N–H and O–H groups in total. The van der Waals surface area contributed by atoms with Crippen LogP contribution in [0.5, 0.6) is 0 Å². The highest BCUT2D eigenvalue weighted by atomic mass is 14.8. The van der Waals surface area contributed by atoms with E-state index in [9.17, 15) is 0 Å². The zero-order valence-electron chi connectivity index (χ0n) is 26.8. The predicted octanol–water partition coefficient (Wildman–Crippen LogP) is 11.1. The van der Waals surface area contributed by atoms with E-state index in [0.717, 1.165) is 99.4 Å². The molecule has 5 heteroatoms. The molecule has 232 valence electrons. The van der Waals surface area contributed by atoms with Crippen LogP contribution in [0.1, 0.15) is 0 Å². The molecule has 0 aliphatic carbocycles. The summed E-state index contributed by atoms with van der Waals surface area (Å²) in [6, 6.07) is 52.6. The average Bonchev–Trinajstić information content (AvgIpc) is 3.19. The summed E-state index contributed by atoms with van der Waals surface area (Å²) >= 11 is 0. The maximum absolute atomic E-state index is 5.07. The van der Waals surface area contributed by atoms with Gasteiger partial charge in [0.1, 0.15) is 0 Å². The Morgan fingerprint density at radius 2 is 0.920 bits per heavy atom. The first-order valence-electron chi connectivity index (χ1n) is 16.7. The lowest BCUT2D eigenvalue weighted by atomic mass is 9.99. The Labute approximate surface area is 287 Å². The Hall–Kier alpha value is -6.85. The molecule has 5 aromatic heterocycles. The molecule has 10 aromatic rings. The van der Waals surface area contributed by atoms with Crippen molar-refractivity contribution >= 4 is 54.5 Å². The van der Waals surface area contributed by atoms with Crippen LogP contribution < -0.4 is 0 Å². The maximum atomic E-state index is 5.07. The van der Waals surface area contributed by atoms with Crippen LogP contribution in [0.3, 0.4) is 0 Å². The van der Waals surface area contributed by atoms with Crippen LogP contribution in [0.4, 0.5) is 0 Å². The lowest BCUT2D eigenvalue weighted by molar-refractivity contribution is 1.36. The van der Waals surface area contributed by atoms with Crippen molar-refractivity contribution in [2.45, 2.75) is 0 Å². The van der Waals surface area contributed by atoms with Crippen molar-refractivity contribution in [1.82, 2.24) is 24.9 Å². The van der Waals surface area contributed by atoms with Crippen LogP contribution in [0.15, 0.2) is 164 Å². The smallest absolute Gasteiger partial charge is 0.0972 e. The second-order valence-electron chi connectivity index (χ2n) is 12.6. The number of hydrogen-bond acceptors (Lipinski definition) is 5. The molecule has 50 heavy (non-hydrogen) atoms. The van der Waals surface area contributed by atoms with E-state index in [-0.39, 0.29) is 0 Å². The number of rotatable bonds is 4. The average molecular weight is 638 g/mol. The van der Waals surface area contributed by atoms with Crippen LogP contribution in [0.25, 0.3) is 99.4 Å². The zero-order chi connectivity index (χ0) is 33.0. The summed E-state index contributed by atoms with van der Waals surface area (Å²) in [6.07, 6.45) is 3.65. The van der Waals surface area contributed by atoms with Gasteiger partial charge in [0.15, 0.2) is 0 Å². The van der Waals surface area contributed by atoms with Crippen molar-refractivity contribution in [3.63, 3.8) is 0 Å². The summed E-state index contributed by atoms with van der Waals surface area (Å²) in [5.74, 6) is 0. The predicted molar refractivity (Wildman–Crippen MR) is 205 cm³/mol. The molecule has 0 saturated carbocycles. The molecule has 0 amide bonds. The van der Waals surface area contributed by atoms with Gasteiger partial charge in [-0.3, -0.25) is 9.97 Å². The second kappa shape index (κ2) is 11.4. The van der Waals surface area contributed by atoms with E-state index >= 15 is 0 Å². The van der Waals surface area contributed by atoms with Crippen LogP contribution in [-0.2, 0) is 0 Å². The van der Waals surface area contributed by atoms with Crippen molar-refractivity contribution in [3.8, 4) is 44.9 Å². The van der Waals surface area contributed by atoms with Gasteiger partial charge in [0.25, 0.3) is 0 Å². The fourth-order valence-corrected chi connectivity index (χ4v) is 6.97. The molecular formula is C45H27N5. The van der Waals surface area contributed by atoms with Crippen LogP contribution >= 0.6 is 0 Å². The normalized spacial score (nSPS) is 11.6. The van der Waals surface area contributed by atoms with E-state index in [1.165, 1.54) is 0 Å². The molecule has 5 heterocycles. The van der Waals surface area contributed by atoms with Gasteiger partial charge in [-0.05, 0) is 77.9 Å². The Morgan fingerprint density at radius 1 is 0.320 bits per heavy atom. The van der Waals surface area contributed by atoms with Gasteiger partial charge in [-0.2, -0.15) is 0 Å². The Balaban J connectivity index is 0.956. The second-order valence-corrected chi connectivity index (χ2v) is 12.6. The van der Waals surface area contributed by atoms with Gasteiger partial charge in [0.2, 0.25) is 0 Å². The Bertz CT molecular complexity index is 2950. The lowest BCUT2D eigenvalue weighted by Gasteiger charge is -2.10. The van der Waals surface area contributed by atoms with Crippen LogP contribution in [-0.4, -0.2) is 24.9 Å². The van der Waals surface area contributed by atoms with Gasteiger partial charge in [0.05, 0.1) is 44.7 Å². The first kappa shape index (κ1) is 28.2. The molecular weight excluding hydrogens is 611 g/mol. The number of aromatic nitrogens is 5. The fourth-order valence-electron chi connectivity index (χ4n) is 6.97. The SMILES string of the molecule is c1cc(-c2ccc3cc(-c4ccc5nc(-c6cccc7ncccc67)ccc5c4)ccc3n2)cc(-c2ccc3ccc4cccnc4c3n2)c1. The summed E-state index contributed by atoms with van der Waals surface area (Å²) in [5, 5.41) is 5.46. The summed E-state index contributed by atoms with van der Waals surface area (Å²) in [6.45, 7) is 0. The summed E-state index contributed by atoms with van der Waals surface area (Å²) in [7, 11) is 0. The highest BCUT2D eigenvalue weighted by Crippen LogP contribution is 2.33. The highest BCUT2D eigenvalue weighted by molar-refractivity contribution is 6.03. The highest BCUT2D eigenvalue weighted by Gasteiger charge is 2.11. The molecule has 0 saturated heterocycles. The molecule has 0 aliphatic heterocycles. The zero-order valence-corrected chi connectivity index (χ0v) is 26.8. The van der Waals surface area contributed by atoms with Gasteiger partial charge in [-0.25, -0.2) is 15.0 Å². The Kier molecular flexibility index (Phi) is 6.42. The summed E-state index contributed by atoms with van der Waals surface area (Å²) in [4.78, 5) is 24.3. The monoisotopic (exact) mass is 637 g/mol. The van der Waals surface area contributed by atoms with E-state index in [1.807, 2.05) is 36.7 Å². The standard InChI is InChI=1S/C45H27N5/c1-5-32(27-33(6-1)41-18-13-29-12-11-28-7-3-24-47-44(28)45(29)50-41)38-21-16-34-25-30(14-19-39(34)48-38)31-15-20-40-35(26-31)17-22-43(49-40)37-8-2-10-42-36(37)9-4-23-46-42/h1-27H. The molecule has 5 aromatic carbocycles. The van der Waals surface area contributed by atoms with E-state index in [0.29, 0.717) is 0 Å². The number of hydrogen-bond donors (Lipinski definition) is 0. The summed E-state index contributed by atoms with van der Waals surface area (Å²) in [5.41, 5.74) is 13.0. The minimum Gasteiger partial charge on any atom is -0.256 e.